The summed E-state index contributed by atoms with van der Waals surface area (Å²) in [5.41, 5.74) is 2.10. The van der Waals surface area contributed by atoms with Gasteiger partial charge in [0.2, 0.25) is 5.91 Å². The number of carbonyl (C=O) groups is 2. The Labute approximate surface area is 142 Å². The minimum absolute atomic E-state index is 0.0134. The maximum atomic E-state index is 12.7. The second kappa shape index (κ2) is 5.73. The Kier molecular flexibility index (Phi) is 3.52. The minimum Gasteiger partial charge on any atom is -0.395 e. The summed E-state index contributed by atoms with van der Waals surface area (Å²) in [4.78, 5) is 38.1. The highest BCUT2D eigenvalue weighted by Gasteiger charge is 2.40. The van der Waals surface area contributed by atoms with Crippen molar-refractivity contribution in [2.75, 3.05) is 24.5 Å². The zero-order chi connectivity index (χ0) is 17.6. The molecule has 0 bridgehead atoms. The topological polar surface area (TPSA) is 96.9 Å². The van der Waals surface area contributed by atoms with Crippen LogP contribution in [0.1, 0.15) is 16.1 Å². The average Bonchev–Trinajstić information content (AvgIpc) is 3.20. The molecule has 0 N–H and O–H groups in total. The summed E-state index contributed by atoms with van der Waals surface area (Å²) in [6.07, 6.45) is 0.841. The van der Waals surface area contributed by atoms with Crippen molar-refractivity contribution in [1.82, 2.24) is 4.90 Å². The molecule has 0 aliphatic carbocycles. The van der Waals surface area contributed by atoms with Crippen LogP contribution in [0.15, 0.2) is 40.8 Å². The summed E-state index contributed by atoms with van der Waals surface area (Å²) < 4.78 is 4.92. The van der Waals surface area contributed by atoms with E-state index in [9.17, 15) is 19.7 Å². The average molecular weight is 341 g/mol. The molecule has 8 heteroatoms. The molecule has 0 saturated carbocycles. The Balaban J connectivity index is 1.39. The molecular formula is C17H15N3O5. The summed E-state index contributed by atoms with van der Waals surface area (Å²) >= 11 is 0. The maximum Gasteiger partial charge on any atom is 0.433 e. The van der Waals surface area contributed by atoms with Gasteiger partial charge in [0, 0.05) is 25.3 Å². The fourth-order valence-corrected chi connectivity index (χ4v) is 3.28. The maximum absolute atomic E-state index is 12.7. The number of amides is 2. The number of likely N-dealkylation sites (tertiary alicyclic amines) is 1. The number of benzene rings is 1. The summed E-state index contributed by atoms with van der Waals surface area (Å²) in [5, 5.41) is 10.6. The van der Waals surface area contributed by atoms with E-state index in [-0.39, 0.29) is 17.6 Å². The molecule has 2 amide bonds. The van der Waals surface area contributed by atoms with Crippen LogP contribution in [0.4, 0.5) is 11.6 Å². The number of hydrogen-bond acceptors (Lipinski definition) is 5. The van der Waals surface area contributed by atoms with Crippen molar-refractivity contribution in [2.45, 2.75) is 6.42 Å². The number of fused-ring (bicyclic) bond motifs is 1. The predicted molar refractivity (Wildman–Crippen MR) is 87.3 cm³/mol. The van der Waals surface area contributed by atoms with E-state index in [1.165, 1.54) is 11.0 Å². The lowest BCUT2D eigenvalue weighted by Gasteiger charge is -2.39. The Morgan fingerprint density at radius 1 is 1.16 bits per heavy atom. The van der Waals surface area contributed by atoms with Crippen LogP contribution in [-0.2, 0) is 11.2 Å². The summed E-state index contributed by atoms with van der Waals surface area (Å²) in [6, 6.07) is 10.2. The number of hydrogen-bond donors (Lipinski definition) is 0. The molecule has 25 heavy (non-hydrogen) atoms. The van der Waals surface area contributed by atoms with Gasteiger partial charge in [0.1, 0.15) is 4.92 Å². The van der Waals surface area contributed by atoms with Crippen molar-refractivity contribution < 1.29 is 18.9 Å². The number of furan rings is 1. The van der Waals surface area contributed by atoms with Crippen LogP contribution in [0.3, 0.4) is 0 Å². The predicted octanol–water partition coefficient (Wildman–Crippen LogP) is 1.85. The molecule has 0 unspecified atom stereocenters. The van der Waals surface area contributed by atoms with Gasteiger partial charge >= 0.3 is 5.88 Å². The number of carbonyl (C=O) groups excluding carboxylic acids is 2. The first kappa shape index (κ1) is 15.4. The molecule has 1 aromatic heterocycles. The van der Waals surface area contributed by atoms with Crippen molar-refractivity contribution in [1.29, 1.82) is 0 Å². The third kappa shape index (κ3) is 2.55. The van der Waals surface area contributed by atoms with Crippen molar-refractivity contribution in [3.8, 4) is 0 Å². The van der Waals surface area contributed by atoms with Gasteiger partial charge in [-0.15, -0.1) is 0 Å². The minimum atomic E-state index is -0.690. The van der Waals surface area contributed by atoms with Crippen molar-refractivity contribution in [3.63, 3.8) is 0 Å². The van der Waals surface area contributed by atoms with E-state index in [1.54, 1.807) is 4.90 Å². The van der Waals surface area contributed by atoms with E-state index < -0.39 is 16.7 Å². The van der Waals surface area contributed by atoms with Crippen molar-refractivity contribution in [3.05, 3.63) is 57.8 Å². The van der Waals surface area contributed by atoms with Gasteiger partial charge in [-0.2, -0.15) is 0 Å². The molecule has 0 atom stereocenters. The Morgan fingerprint density at radius 2 is 1.92 bits per heavy atom. The first-order valence-corrected chi connectivity index (χ1v) is 7.97. The smallest absolute Gasteiger partial charge is 0.395 e. The van der Waals surface area contributed by atoms with Gasteiger partial charge in [-0.1, -0.05) is 18.2 Å². The summed E-state index contributed by atoms with van der Waals surface area (Å²) in [6.45, 7) is 1.25. The second-order valence-corrected chi connectivity index (χ2v) is 6.17. The summed E-state index contributed by atoms with van der Waals surface area (Å²) in [7, 11) is 0. The molecule has 2 aliphatic rings. The molecule has 2 aromatic rings. The molecule has 0 spiro atoms. The van der Waals surface area contributed by atoms with Crippen molar-refractivity contribution in [2.24, 2.45) is 5.92 Å². The molecule has 128 valence electrons. The van der Waals surface area contributed by atoms with E-state index in [1.807, 2.05) is 24.3 Å². The van der Waals surface area contributed by atoms with E-state index in [0.29, 0.717) is 19.6 Å². The highest BCUT2D eigenvalue weighted by atomic mass is 16.6. The molecule has 1 saturated heterocycles. The Hall–Kier alpha value is -3.16. The fourth-order valence-electron chi connectivity index (χ4n) is 3.28. The lowest BCUT2D eigenvalue weighted by atomic mass is 9.98. The number of para-hydroxylation sites is 1. The van der Waals surface area contributed by atoms with Gasteiger partial charge in [0.05, 0.1) is 12.0 Å². The van der Waals surface area contributed by atoms with E-state index in [0.717, 1.165) is 23.7 Å². The molecular weight excluding hydrogens is 326 g/mol. The molecule has 3 heterocycles. The highest BCUT2D eigenvalue weighted by molar-refractivity contribution is 6.00. The van der Waals surface area contributed by atoms with Gasteiger partial charge in [0.25, 0.3) is 5.91 Å². The summed E-state index contributed by atoms with van der Waals surface area (Å²) in [5.74, 6) is -1.22. The van der Waals surface area contributed by atoms with E-state index in [2.05, 4.69) is 0 Å². The molecule has 0 radical (unpaired) electrons. The largest absolute Gasteiger partial charge is 0.433 e. The quantitative estimate of drug-likeness (QED) is 0.627. The Morgan fingerprint density at radius 3 is 2.64 bits per heavy atom. The van der Waals surface area contributed by atoms with E-state index in [4.69, 9.17) is 4.42 Å². The van der Waals surface area contributed by atoms with E-state index >= 15 is 0 Å². The number of nitrogens with zero attached hydrogens (tertiary/aromatic N) is 3. The zero-order valence-corrected chi connectivity index (χ0v) is 13.3. The van der Waals surface area contributed by atoms with Crippen LogP contribution in [0.2, 0.25) is 0 Å². The molecule has 1 aromatic carbocycles. The van der Waals surface area contributed by atoms with Gasteiger partial charge in [-0.3, -0.25) is 19.7 Å². The first-order valence-electron chi connectivity index (χ1n) is 7.97. The van der Waals surface area contributed by atoms with Gasteiger partial charge in [0.15, 0.2) is 5.76 Å². The van der Waals surface area contributed by atoms with Crippen LogP contribution < -0.4 is 4.90 Å². The lowest BCUT2D eigenvalue weighted by molar-refractivity contribution is -0.402. The standard InChI is InChI=1S/C17H15N3O5/c21-16(19-8-7-11-3-1-2-4-13(11)19)12-9-18(10-12)17(22)14-5-6-15(25-14)20(23)24/h1-6,12H,7-10H2. The van der Waals surface area contributed by atoms with Crippen LogP contribution in [-0.4, -0.2) is 41.3 Å². The van der Waals surface area contributed by atoms with Crippen LogP contribution in [0, 0.1) is 16.0 Å². The highest BCUT2D eigenvalue weighted by Crippen LogP contribution is 2.31. The third-order valence-corrected chi connectivity index (χ3v) is 4.65. The van der Waals surface area contributed by atoms with Crippen LogP contribution in [0.25, 0.3) is 0 Å². The normalized spacial score (nSPS) is 16.5. The Bertz CT molecular complexity index is 869. The van der Waals surface area contributed by atoms with Gasteiger partial charge in [-0.25, -0.2) is 0 Å². The number of rotatable bonds is 3. The zero-order valence-electron chi connectivity index (χ0n) is 13.3. The third-order valence-electron chi connectivity index (χ3n) is 4.65. The first-order chi connectivity index (χ1) is 12.0. The molecule has 8 nitrogen and oxygen atoms in total. The van der Waals surface area contributed by atoms with Gasteiger partial charge in [-0.05, 0) is 24.1 Å². The van der Waals surface area contributed by atoms with Crippen LogP contribution >= 0.6 is 0 Å². The monoisotopic (exact) mass is 341 g/mol. The molecule has 1 fully saturated rings. The lowest BCUT2D eigenvalue weighted by Crippen LogP contribution is -2.56. The van der Waals surface area contributed by atoms with Crippen LogP contribution in [0.5, 0.6) is 0 Å². The molecule has 4 rings (SSSR count). The van der Waals surface area contributed by atoms with Crippen molar-refractivity contribution >= 4 is 23.4 Å². The number of nitro groups is 1. The number of anilines is 1. The molecule has 2 aliphatic heterocycles. The SMILES string of the molecule is O=C(c1ccc([N+](=O)[O-])o1)N1CC(C(=O)N2CCc3ccccc32)C1. The van der Waals surface area contributed by atoms with Gasteiger partial charge < -0.3 is 14.2 Å². The fraction of sp³-hybridized carbons (Fsp3) is 0.294. The second-order valence-electron chi connectivity index (χ2n) is 6.17.